The first-order chi connectivity index (χ1) is 6.93. The standard InChI is InChI=1S/C11H24N2O/c1-14-10-9-12-7-4-6-11-5-2-3-8-13-11/h11-13H,2-10H2,1H3. The maximum absolute atomic E-state index is 4.96. The number of methoxy groups -OCH3 is 1. The molecule has 0 amide bonds. The van der Waals surface area contributed by atoms with E-state index < -0.39 is 0 Å². The highest BCUT2D eigenvalue weighted by molar-refractivity contribution is 4.72. The SMILES string of the molecule is COCCNCCCC1CCCCN1. The summed E-state index contributed by atoms with van der Waals surface area (Å²) in [5, 5.41) is 6.94. The second-order valence-electron chi connectivity index (χ2n) is 4.03. The molecule has 0 aromatic carbocycles. The molecule has 0 saturated carbocycles. The molecule has 0 aromatic rings. The molecular formula is C11H24N2O. The molecule has 0 aromatic heterocycles. The van der Waals surface area contributed by atoms with Crippen molar-refractivity contribution in [2.75, 3.05) is 33.4 Å². The zero-order valence-electron chi connectivity index (χ0n) is 9.35. The smallest absolute Gasteiger partial charge is 0.0587 e. The third-order valence-electron chi connectivity index (χ3n) is 2.80. The Labute approximate surface area is 87.6 Å². The monoisotopic (exact) mass is 200 g/mol. The zero-order valence-corrected chi connectivity index (χ0v) is 9.35. The van der Waals surface area contributed by atoms with Crippen molar-refractivity contribution < 1.29 is 4.74 Å². The van der Waals surface area contributed by atoms with Crippen LogP contribution in [0.25, 0.3) is 0 Å². The quantitative estimate of drug-likeness (QED) is 0.605. The molecule has 1 fully saturated rings. The molecule has 1 saturated heterocycles. The van der Waals surface area contributed by atoms with Gasteiger partial charge in [0.1, 0.15) is 0 Å². The predicted octanol–water partition coefficient (Wildman–Crippen LogP) is 1.14. The van der Waals surface area contributed by atoms with Crippen LogP contribution in [0.15, 0.2) is 0 Å². The van der Waals surface area contributed by atoms with Gasteiger partial charge in [0.2, 0.25) is 0 Å². The van der Waals surface area contributed by atoms with E-state index in [2.05, 4.69) is 10.6 Å². The summed E-state index contributed by atoms with van der Waals surface area (Å²) in [4.78, 5) is 0. The molecule has 3 heteroatoms. The molecule has 1 aliphatic heterocycles. The van der Waals surface area contributed by atoms with Crippen molar-refractivity contribution in [2.45, 2.75) is 38.1 Å². The van der Waals surface area contributed by atoms with Gasteiger partial charge < -0.3 is 15.4 Å². The maximum atomic E-state index is 4.96. The Bertz CT molecular complexity index is 124. The van der Waals surface area contributed by atoms with Crippen molar-refractivity contribution in [3.05, 3.63) is 0 Å². The fourth-order valence-corrected chi connectivity index (χ4v) is 1.94. The highest BCUT2D eigenvalue weighted by Crippen LogP contribution is 2.10. The number of hydrogen-bond acceptors (Lipinski definition) is 3. The third kappa shape index (κ3) is 5.58. The Kier molecular flexibility index (Phi) is 7.01. The van der Waals surface area contributed by atoms with Gasteiger partial charge in [0.25, 0.3) is 0 Å². The van der Waals surface area contributed by atoms with Crippen LogP contribution in [-0.4, -0.2) is 39.4 Å². The van der Waals surface area contributed by atoms with Gasteiger partial charge in [-0.05, 0) is 38.8 Å². The topological polar surface area (TPSA) is 33.3 Å². The minimum absolute atomic E-state index is 0.785. The number of piperidine rings is 1. The van der Waals surface area contributed by atoms with Gasteiger partial charge in [-0.3, -0.25) is 0 Å². The summed E-state index contributed by atoms with van der Waals surface area (Å²) in [7, 11) is 1.74. The van der Waals surface area contributed by atoms with Crippen LogP contribution >= 0.6 is 0 Å². The molecular weight excluding hydrogens is 176 g/mol. The summed E-state index contributed by atoms with van der Waals surface area (Å²) in [6.45, 7) is 4.15. The summed E-state index contributed by atoms with van der Waals surface area (Å²) >= 11 is 0. The van der Waals surface area contributed by atoms with E-state index in [0.717, 1.165) is 25.7 Å². The lowest BCUT2D eigenvalue weighted by Crippen LogP contribution is -2.34. The third-order valence-corrected chi connectivity index (χ3v) is 2.80. The van der Waals surface area contributed by atoms with Crippen LogP contribution in [0.2, 0.25) is 0 Å². The van der Waals surface area contributed by atoms with E-state index in [0.29, 0.717) is 0 Å². The lowest BCUT2D eigenvalue weighted by molar-refractivity contribution is 0.199. The maximum Gasteiger partial charge on any atom is 0.0587 e. The predicted molar refractivity (Wildman–Crippen MR) is 59.6 cm³/mol. The molecule has 3 nitrogen and oxygen atoms in total. The Morgan fingerprint density at radius 2 is 2.29 bits per heavy atom. The highest BCUT2D eigenvalue weighted by Gasteiger charge is 2.10. The molecule has 1 aliphatic rings. The largest absolute Gasteiger partial charge is 0.383 e. The van der Waals surface area contributed by atoms with Crippen LogP contribution in [0.4, 0.5) is 0 Å². The van der Waals surface area contributed by atoms with Crippen molar-refractivity contribution in [1.82, 2.24) is 10.6 Å². The first kappa shape index (κ1) is 12.0. The number of ether oxygens (including phenoxy) is 1. The van der Waals surface area contributed by atoms with Gasteiger partial charge in [0.05, 0.1) is 6.61 Å². The first-order valence-corrected chi connectivity index (χ1v) is 5.86. The van der Waals surface area contributed by atoms with E-state index in [1.165, 1.54) is 38.6 Å². The van der Waals surface area contributed by atoms with E-state index in [9.17, 15) is 0 Å². The molecule has 0 bridgehead atoms. The van der Waals surface area contributed by atoms with E-state index in [1.807, 2.05) is 0 Å². The Morgan fingerprint density at radius 1 is 1.36 bits per heavy atom. The lowest BCUT2D eigenvalue weighted by Gasteiger charge is -2.23. The highest BCUT2D eigenvalue weighted by atomic mass is 16.5. The Balaban J connectivity index is 1.82. The van der Waals surface area contributed by atoms with Gasteiger partial charge in [-0.1, -0.05) is 6.42 Å². The van der Waals surface area contributed by atoms with Gasteiger partial charge in [0.15, 0.2) is 0 Å². The molecule has 84 valence electrons. The van der Waals surface area contributed by atoms with E-state index >= 15 is 0 Å². The van der Waals surface area contributed by atoms with Crippen LogP contribution < -0.4 is 10.6 Å². The summed E-state index contributed by atoms with van der Waals surface area (Å²) in [6, 6.07) is 0.785. The van der Waals surface area contributed by atoms with Crippen LogP contribution in [0.3, 0.4) is 0 Å². The van der Waals surface area contributed by atoms with Gasteiger partial charge in [-0.15, -0.1) is 0 Å². The van der Waals surface area contributed by atoms with Gasteiger partial charge >= 0.3 is 0 Å². The van der Waals surface area contributed by atoms with Crippen molar-refractivity contribution in [3.63, 3.8) is 0 Å². The average Bonchev–Trinajstić information content (AvgIpc) is 2.25. The summed E-state index contributed by atoms with van der Waals surface area (Å²) < 4.78 is 4.96. The first-order valence-electron chi connectivity index (χ1n) is 5.86. The van der Waals surface area contributed by atoms with Crippen LogP contribution in [0.1, 0.15) is 32.1 Å². The van der Waals surface area contributed by atoms with Gasteiger partial charge in [0, 0.05) is 19.7 Å². The second kappa shape index (κ2) is 8.21. The second-order valence-corrected chi connectivity index (χ2v) is 4.03. The zero-order chi connectivity index (χ0) is 10.1. The summed E-state index contributed by atoms with van der Waals surface area (Å²) in [5.74, 6) is 0. The molecule has 1 rings (SSSR count). The van der Waals surface area contributed by atoms with Crippen LogP contribution in [0.5, 0.6) is 0 Å². The van der Waals surface area contributed by atoms with Crippen molar-refractivity contribution in [1.29, 1.82) is 0 Å². The lowest BCUT2D eigenvalue weighted by atomic mass is 10.0. The minimum atomic E-state index is 0.785. The van der Waals surface area contributed by atoms with E-state index in [1.54, 1.807) is 7.11 Å². The molecule has 1 atom stereocenters. The normalized spacial score (nSPS) is 22.5. The molecule has 0 spiro atoms. The summed E-state index contributed by atoms with van der Waals surface area (Å²) in [5.41, 5.74) is 0. The number of rotatable bonds is 7. The summed E-state index contributed by atoms with van der Waals surface area (Å²) in [6.07, 6.45) is 6.75. The van der Waals surface area contributed by atoms with Gasteiger partial charge in [-0.25, -0.2) is 0 Å². The number of nitrogens with one attached hydrogen (secondary N) is 2. The van der Waals surface area contributed by atoms with Crippen LogP contribution in [-0.2, 0) is 4.74 Å². The Hall–Kier alpha value is -0.120. The van der Waals surface area contributed by atoms with Crippen LogP contribution in [0, 0.1) is 0 Å². The van der Waals surface area contributed by atoms with E-state index in [-0.39, 0.29) is 0 Å². The van der Waals surface area contributed by atoms with Crippen molar-refractivity contribution >= 4 is 0 Å². The molecule has 14 heavy (non-hydrogen) atoms. The molecule has 1 unspecified atom stereocenters. The average molecular weight is 200 g/mol. The molecule has 1 heterocycles. The van der Waals surface area contributed by atoms with Crippen molar-refractivity contribution in [3.8, 4) is 0 Å². The Morgan fingerprint density at radius 3 is 3.00 bits per heavy atom. The molecule has 0 aliphatic carbocycles. The molecule has 2 N–H and O–H groups in total. The molecule has 0 radical (unpaired) electrons. The van der Waals surface area contributed by atoms with E-state index in [4.69, 9.17) is 4.74 Å². The van der Waals surface area contributed by atoms with Crippen molar-refractivity contribution in [2.24, 2.45) is 0 Å². The van der Waals surface area contributed by atoms with Gasteiger partial charge in [-0.2, -0.15) is 0 Å². The fraction of sp³-hybridized carbons (Fsp3) is 1.00. The minimum Gasteiger partial charge on any atom is -0.383 e. The number of hydrogen-bond donors (Lipinski definition) is 2. The fourth-order valence-electron chi connectivity index (χ4n) is 1.94.